The van der Waals surface area contributed by atoms with E-state index in [0.717, 1.165) is 11.8 Å². The summed E-state index contributed by atoms with van der Waals surface area (Å²) >= 11 is 0. The summed E-state index contributed by atoms with van der Waals surface area (Å²) in [6.45, 7) is 4.48. The van der Waals surface area contributed by atoms with Gasteiger partial charge in [0.2, 0.25) is 11.8 Å². The van der Waals surface area contributed by atoms with Gasteiger partial charge in [-0.05, 0) is 11.5 Å². The van der Waals surface area contributed by atoms with Gasteiger partial charge in [0.15, 0.2) is 6.29 Å². The third-order valence-corrected chi connectivity index (χ3v) is 4.95. The van der Waals surface area contributed by atoms with E-state index in [1.54, 1.807) is 20.4 Å². The fourth-order valence-electron chi connectivity index (χ4n) is 3.35. The van der Waals surface area contributed by atoms with Gasteiger partial charge in [-0.15, -0.1) is 0 Å². The molecule has 0 saturated heterocycles. The van der Waals surface area contributed by atoms with Crippen LogP contribution in [-0.2, 0) is 22.5 Å². The molecular weight excluding hydrogens is 382 g/mol. The first kappa shape index (κ1) is 21.5. The second kappa shape index (κ2) is 10.0. The van der Waals surface area contributed by atoms with Crippen LogP contribution in [0.15, 0.2) is 52.7 Å². The number of hydrogen-bond acceptors (Lipinski definition) is 7. The van der Waals surface area contributed by atoms with Crippen molar-refractivity contribution in [3.8, 4) is 5.75 Å². The summed E-state index contributed by atoms with van der Waals surface area (Å²) in [5.41, 5.74) is 2.19. The Hall–Kier alpha value is -3.22. The monoisotopic (exact) mass is 409 g/mol. The van der Waals surface area contributed by atoms with Gasteiger partial charge in [-0.3, -0.25) is 9.78 Å². The first-order valence-corrected chi connectivity index (χ1v) is 9.89. The molecule has 1 aromatic carbocycles. The van der Waals surface area contributed by atoms with Crippen LogP contribution in [0.1, 0.15) is 35.3 Å². The van der Waals surface area contributed by atoms with Crippen molar-refractivity contribution in [3.63, 3.8) is 0 Å². The number of carbonyl (C=O) groups is 1. The lowest BCUT2D eigenvalue weighted by Gasteiger charge is -2.27. The van der Waals surface area contributed by atoms with Gasteiger partial charge in [0, 0.05) is 23.7 Å². The third kappa shape index (κ3) is 4.84. The van der Waals surface area contributed by atoms with E-state index in [-0.39, 0.29) is 12.0 Å². The quantitative estimate of drug-likeness (QED) is 0.654. The summed E-state index contributed by atoms with van der Waals surface area (Å²) < 4.78 is 17.0. The number of pyridine rings is 1. The van der Waals surface area contributed by atoms with Crippen LogP contribution in [0.5, 0.6) is 5.75 Å². The molecular formula is C23H27N3O4. The van der Waals surface area contributed by atoms with E-state index in [4.69, 9.17) is 24.2 Å². The maximum absolute atomic E-state index is 11.7. The molecule has 0 N–H and O–H groups in total. The molecule has 3 rings (SSSR count). The highest BCUT2D eigenvalue weighted by Gasteiger charge is 2.32. The second-order valence-corrected chi connectivity index (χ2v) is 7.35. The minimum Gasteiger partial charge on any atom is -0.487 e. The fraction of sp³-hybridized carbons (Fsp3) is 0.391. The number of carbonyl (C=O) groups excluding carboxylic acids is 1. The normalized spacial score (nSPS) is 18.4. The standard InChI is InChI=1S/C23H27N3O4/c1-15(2)21-23(29-4)25-19(22(26-21)28-3)10-18-17(13-27)11-24-12-20(18)30-14-16-8-6-5-7-9-16/h5-9,11-13,15,19,21H,10,14H2,1-4H3/t19-,21+/m0/s1. The summed E-state index contributed by atoms with van der Waals surface area (Å²) in [6, 6.07) is 9.21. The van der Waals surface area contributed by atoms with Crippen molar-refractivity contribution in [2.75, 3.05) is 14.2 Å². The van der Waals surface area contributed by atoms with Gasteiger partial charge < -0.3 is 14.2 Å². The molecule has 2 aromatic rings. The molecule has 7 nitrogen and oxygen atoms in total. The highest BCUT2D eigenvalue weighted by Crippen LogP contribution is 2.26. The largest absolute Gasteiger partial charge is 0.487 e. The molecule has 2 atom stereocenters. The van der Waals surface area contributed by atoms with E-state index < -0.39 is 6.04 Å². The average molecular weight is 409 g/mol. The number of nitrogens with zero attached hydrogens (tertiary/aromatic N) is 3. The van der Waals surface area contributed by atoms with Crippen molar-refractivity contribution in [1.82, 2.24) is 4.98 Å². The number of aliphatic imine (C=N–C) groups is 2. The summed E-state index contributed by atoms with van der Waals surface area (Å²) in [7, 11) is 3.17. The lowest BCUT2D eigenvalue weighted by molar-refractivity contribution is 0.112. The van der Waals surface area contributed by atoms with Crippen molar-refractivity contribution in [3.05, 3.63) is 59.4 Å². The maximum Gasteiger partial charge on any atom is 0.209 e. The van der Waals surface area contributed by atoms with Crippen LogP contribution < -0.4 is 4.74 Å². The molecule has 0 aliphatic carbocycles. The molecule has 30 heavy (non-hydrogen) atoms. The fourth-order valence-corrected chi connectivity index (χ4v) is 3.35. The highest BCUT2D eigenvalue weighted by molar-refractivity contribution is 5.94. The molecule has 0 amide bonds. The third-order valence-electron chi connectivity index (χ3n) is 4.95. The number of hydrogen-bond donors (Lipinski definition) is 0. The van der Waals surface area contributed by atoms with E-state index >= 15 is 0 Å². The predicted molar refractivity (Wildman–Crippen MR) is 115 cm³/mol. The lowest BCUT2D eigenvalue weighted by Crippen LogP contribution is -2.38. The molecule has 0 bridgehead atoms. The van der Waals surface area contributed by atoms with Crippen LogP contribution in [0, 0.1) is 5.92 Å². The predicted octanol–water partition coefficient (Wildman–Crippen LogP) is 3.51. The zero-order valence-corrected chi connectivity index (χ0v) is 17.7. The molecule has 0 fully saturated rings. The Balaban J connectivity index is 1.90. The Morgan fingerprint density at radius 1 is 1.03 bits per heavy atom. The number of rotatable bonds is 7. The highest BCUT2D eigenvalue weighted by atomic mass is 16.5. The molecule has 0 radical (unpaired) electrons. The van der Waals surface area contributed by atoms with E-state index in [9.17, 15) is 4.79 Å². The molecule has 0 saturated carbocycles. The number of aromatic nitrogens is 1. The Bertz CT molecular complexity index is 925. The Morgan fingerprint density at radius 2 is 1.77 bits per heavy atom. The van der Waals surface area contributed by atoms with Crippen molar-refractivity contribution in [2.45, 2.75) is 39.0 Å². The van der Waals surface area contributed by atoms with Gasteiger partial charge in [-0.1, -0.05) is 44.2 Å². The Kier molecular flexibility index (Phi) is 7.17. The van der Waals surface area contributed by atoms with Crippen LogP contribution in [0.2, 0.25) is 0 Å². The van der Waals surface area contributed by atoms with E-state index in [0.29, 0.717) is 41.7 Å². The van der Waals surface area contributed by atoms with Crippen molar-refractivity contribution in [2.24, 2.45) is 15.9 Å². The minimum atomic E-state index is -0.417. The number of methoxy groups -OCH3 is 2. The topological polar surface area (TPSA) is 82.4 Å². The van der Waals surface area contributed by atoms with Gasteiger partial charge in [-0.25, -0.2) is 9.98 Å². The Morgan fingerprint density at radius 3 is 2.40 bits per heavy atom. The van der Waals surface area contributed by atoms with Crippen molar-refractivity contribution < 1.29 is 19.0 Å². The molecule has 1 aromatic heterocycles. The smallest absolute Gasteiger partial charge is 0.209 e. The second-order valence-electron chi connectivity index (χ2n) is 7.35. The minimum absolute atomic E-state index is 0.196. The summed E-state index contributed by atoms with van der Waals surface area (Å²) in [5.74, 6) is 1.83. The summed E-state index contributed by atoms with van der Waals surface area (Å²) in [5, 5.41) is 0. The van der Waals surface area contributed by atoms with Crippen LogP contribution in [0.25, 0.3) is 0 Å². The lowest BCUT2D eigenvalue weighted by atomic mass is 9.98. The average Bonchev–Trinajstić information content (AvgIpc) is 2.78. The molecule has 2 heterocycles. The van der Waals surface area contributed by atoms with Crippen LogP contribution in [0.4, 0.5) is 0 Å². The molecule has 7 heteroatoms. The van der Waals surface area contributed by atoms with Crippen LogP contribution >= 0.6 is 0 Å². The first-order chi connectivity index (χ1) is 14.6. The number of ether oxygens (including phenoxy) is 3. The van der Waals surface area contributed by atoms with E-state index in [2.05, 4.69) is 18.8 Å². The maximum atomic E-state index is 11.7. The summed E-state index contributed by atoms with van der Waals surface area (Å²) in [4.78, 5) is 25.3. The number of benzene rings is 1. The first-order valence-electron chi connectivity index (χ1n) is 9.89. The molecule has 0 unspecified atom stereocenters. The molecule has 158 valence electrons. The van der Waals surface area contributed by atoms with Gasteiger partial charge in [0.1, 0.15) is 24.4 Å². The van der Waals surface area contributed by atoms with Gasteiger partial charge in [-0.2, -0.15) is 0 Å². The molecule has 0 spiro atoms. The van der Waals surface area contributed by atoms with Crippen molar-refractivity contribution in [1.29, 1.82) is 0 Å². The Labute approximate surface area is 176 Å². The van der Waals surface area contributed by atoms with Crippen LogP contribution in [-0.4, -0.2) is 49.4 Å². The number of aldehydes is 1. The molecule has 1 aliphatic heterocycles. The van der Waals surface area contributed by atoms with Gasteiger partial charge in [0.05, 0.1) is 20.4 Å². The van der Waals surface area contributed by atoms with E-state index in [1.807, 2.05) is 30.3 Å². The zero-order chi connectivity index (χ0) is 21.5. The summed E-state index contributed by atoms with van der Waals surface area (Å²) in [6.07, 6.45) is 4.31. The zero-order valence-electron chi connectivity index (χ0n) is 17.7. The van der Waals surface area contributed by atoms with Gasteiger partial charge >= 0.3 is 0 Å². The van der Waals surface area contributed by atoms with Crippen LogP contribution in [0.3, 0.4) is 0 Å². The van der Waals surface area contributed by atoms with Crippen molar-refractivity contribution >= 4 is 18.1 Å². The SMILES string of the molecule is COC1=N[C@H](C(C)C)C(OC)=N[C@H]1Cc1c(C=O)cncc1OCc1ccccc1. The van der Waals surface area contributed by atoms with E-state index in [1.165, 1.54) is 6.20 Å². The molecule has 1 aliphatic rings. The van der Waals surface area contributed by atoms with Gasteiger partial charge in [0.25, 0.3) is 0 Å².